The SMILES string of the molecule is CCCCCCCCCCCCCCc1cccc(OCC(COP(O)OCCN(C)C)OC)c1. The summed E-state index contributed by atoms with van der Waals surface area (Å²) in [6.45, 7) is 4.02. The van der Waals surface area contributed by atoms with E-state index in [4.69, 9.17) is 18.5 Å². The average Bonchev–Trinajstić information content (AvgIpc) is 2.85. The van der Waals surface area contributed by atoms with Crippen molar-refractivity contribution in [3.05, 3.63) is 29.8 Å². The second-order valence-electron chi connectivity index (χ2n) is 9.63. The lowest BCUT2D eigenvalue weighted by Crippen LogP contribution is -2.25. The molecule has 6 nitrogen and oxygen atoms in total. The topological polar surface area (TPSA) is 60.4 Å². The van der Waals surface area contributed by atoms with Crippen LogP contribution in [0.25, 0.3) is 0 Å². The number of hydrogen-bond acceptors (Lipinski definition) is 6. The first-order valence-electron chi connectivity index (χ1n) is 13.7. The summed E-state index contributed by atoms with van der Waals surface area (Å²) in [6, 6.07) is 8.32. The number of nitrogens with zero attached hydrogens (tertiary/aromatic N) is 1. The minimum atomic E-state index is -1.90. The molecule has 0 fully saturated rings. The van der Waals surface area contributed by atoms with Crippen LogP contribution in [0.2, 0.25) is 0 Å². The summed E-state index contributed by atoms with van der Waals surface area (Å²) in [6.07, 6.45) is 17.3. The van der Waals surface area contributed by atoms with Gasteiger partial charge in [-0.1, -0.05) is 89.7 Å². The molecule has 1 rings (SSSR count). The van der Waals surface area contributed by atoms with Crippen LogP contribution in [0.4, 0.5) is 0 Å². The summed E-state index contributed by atoms with van der Waals surface area (Å²) in [5.74, 6) is 0.844. The zero-order valence-electron chi connectivity index (χ0n) is 22.9. The van der Waals surface area contributed by atoms with Gasteiger partial charge < -0.3 is 28.3 Å². The summed E-state index contributed by atoms with van der Waals surface area (Å²) in [7, 11) is 3.63. The van der Waals surface area contributed by atoms with Gasteiger partial charge >= 0.3 is 8.60 Å². The second kappa shape index (κ2) is 22.4. The van der Waals surface area contributed by atoms with Gasteiger partial charge in [-0.15, -0.1) is 0 Å². The fraction of sp³-hybridized carbons (Fsp3) is 0.786. The van der Waals surface area contributed by atoms with Crippen molar-refractivity contribution in [1.82, 2.24) is 4.90 Å². The Morgan fingerprint density at radius 3 is 2.09 bits per heavy atom. The van der Waals surface area contributed by atoms with Crippen LogP contribution in [0.15, 0.2) is 24.3 Å². The normalized spacial score (nSPS) is 13.3. The monoisotopic (exact) mass is 513 g/mol. The van der Waals surface area contributed by atoms with Crippen LogP contribution >= 0.6 is 8.60 Å². The van der Waals surface area contributed by atoms with Crippen molar-refractivity contribution in [2.24, 2.45) is 0 Å². The van der Waals surface area contributed by atoms with Crippen LogP contribution in [0.5, 0.6) is 5.75 Å². The van der Waals surface area contributed by atoms with Crippen LogP contribution in [0.3, 0.4) is 0 Å². The molecule has 35 heavy (non-hydrogen) atoms. The molecule has 2 atom stereocenters. The van der Waals surface area contributed by atoms with E-state index in [9.17, 15) is 4.89 Å². The molecule has 0 saturated carbocycles. The second-order valence-corrected chi connectivity index (χ2v) is 10.6. The van der Waals surface area contributed by atoms with Crippen molar-refractivity contribution in [2.75, 3.05) is 47.6 Å². The highest BCUT2D eigenvalue weighted by Crippen LogP contribution is 2.32. The molecule has 0 radical (unpaired) electrons. The standard InChI is InChI=1S/C28H52NO5P/c1-5-6-7-8-9-10-11-12-13-14-15-16-18-26-19-17-20-27(23-26)32-24-28(31-4)25-34-35(30)33-22-21-29(2)3/h17,19-20,23,28,30H,5-16,18,21-22,24-25H2,1-4H3. The Balaban J connectivity index is 2.13. The lowest BCUT2D eigenvalue weighted by atomic mass is 10.0. The van der Waals surface area contributed by atoms with Crippen molar-refractivity contribution < 1.29 is 23.4 Å². The molecule has 0 amide bonds. The van der Waals surface area contributed by atoms with Gasteiger partial charge in [0, 0.05) is 13.7 Å². The van der Waals surface area contributed by atoms with Gasteiger partial charge in [0.15, 0.2) is 0 Å². The van der Waals surface area contributed by atoms with Crippen molar-refractivity contribution in [2.45, 2.75) is 96.5 Å². The van der Waals surface area contributed by atoms with Crippen LogP contribution < -0.4 is 4.74 Å². The molecular weight excluding hydrogens is 461 g/mol. The Bertz CT molecular complexity index is 604. The zero-order chi connectivity index (χ0) is 25.6. The molecule has 7 heteroatoms. The molecule has 0 aromatic heterocycles. The van der Waals surface area contributed by atoms with Crippen molar-refractivity contribution in [1.29, 1.82) is 0 Å². The third kappa shape index (κ3) is 19.1. The minimum absolute atomic E-state index is 0.221. The van der Waals surface area contributed by atoms with Crippen LogP contribution in [-0.2, 0) is 20.2 Å². The Morgan fingerprint density at radius 1 is 0.857 bits per heavy atom. The van der Waals surface area contributed by atoms with Gasteiger partial charge in [-0.25, -0.2) is 0 Å². The molecule has 0 spiro atoms. The Labute approximate surface area is 216 Å². The minimum Gasteiger partial charge on any atom is -0.491 e. The largest absolute Gasteiger partial charge is 0.491 e. The third-order valence-electron chi connectivity index (χ3n) is 6.10. The molecule has 0 aliphatic rings. The van der Waals surface area contributed by atoms with Gasteiger partial charge in [0.1, 0.15) is 18.5 Å². The van der Waals surface area contributed by atoms with E-state index in [-0.39, 0.29) is 12.7 Å². The summed E-state index contributed by atoms with van der Waals surface area (Å²) >= 11 is 0. The summed E-state index contributed by atoms with van der Waals surface area (Å²) < 4.78 is 22.0. The van der Waals surface area contributed by atoms with Crippen molar-refractivity contribution in [3.8, 4) is 5.75 Å². The number of methoxy groups -OCH3 is 1. The maximum Gasteiger partial charge on any atom is 0.329 e. The smallest absolute Gasteiger partial charge is 0.329 e. The maximum absolute atomic E-state index is 9.84. The maximum atomic E-state index is 9.84. The fourth-order valence-electron chi connectivity index (χ4n) is 3.82. The molecule has 0 bridgehead atoms. The van der Waals surface area contributed by atoms with Gasteiger partial charge in [0.05, 0.1) is 13.2 Å². The summed E-state index contributed by atoms with van der Waals surface area (Å²) in [5, 5.41) is 0. The van der Waals surface area contributed by atoms with Crippen molar-refractivity contribution >= 4 is 8.60 Å². The predicted octanol–water partition coefficient (Wildman–Crippen LogP) is 7.14. The van der Waals surface area contributed by atoms with E-state index < -0.39 is 8.60 Å². The first-order valence-corrected chi connectivity index (χ1v) is 14.8. The molecule has 204 valence electrons. The molecule has 1 aromatic rings. The zero-order valence-corrected chi connectivity index (χ0v) is 23.8. The molecule has 0 aliphatic heterocycles. The fourth-order valence-corrected chi connectivity index (χ4v) is 4.43. The summed E-state index contributed by atoms with van der Waals surface area (Å²) in [5.41, 5.74) is 1.31. The number of likely N-dealkylation sites (N-methyl/N-ethyl adjacent to an activating group) is 1. The molecule has 1 N–H and O–H groups in total. The number of ether oxygens (including phenoxy) is 2. The predicted molar refractivity (Wildman–Crippen MR) is 147 cm³/mol. The van der Waals surface area contributed by atoms with E-state index >= 15 is 0 Å². The number of rotatable bonds is 24. The first kappa shape index (κ1) is 32.3. The van der Waals surface area contributed by atoms with Gasteiger partial charge in [-0.05, 0) is 44.6 Å². The average molecular weight is 514 g/mol. The number of unbranched alkanes of at least 4 members (excludes halogenated alkanes) is 11. The Kier molecular flexibility index (Phi) is 20.7. The van der Waals surface area contributed by atoms with E-state index in [1.807, 2.05) is 25.1 Å². The van der Waals surface area contributed by atoms with Crippen molar-refractivity contribution in [3.63, 3.8) is 0 Å². The number of benzene rings is 1. The van der Waals surface area contributed by atoms with Crippen LogP contribution in [0.1, 0.15) is 89.5 Å². The number of hydrogen-bond donors (Lipinski definition) is 1. The highest BCUT2D eigenvalue weighted by atomic mass is 31.2. The van der Waals surface area contributed by atoms with E-state index in [1.165, 1.54) is 82.6 Å². The highest BCUT2D eigenvalue weighted by Gasteiger charge is 2.14. The van der Waals surface area contributed by atoms with E-state index in [0.29, 0.717) is 13.2 Å². The van der Waals surface area contributed by atoms with Crippen LogP contribution in [-0.4, -0.2) is 63.5 Å². The van der Waals surface area contributed by atoms with E-state index in [2.05, 4.69) is 25.1 Å². The van der Waals surface area contributed by atoms with Gasteiger partial charge in [0.2, 0.25) is 0 Å². The molecular formula is C28H52NO5P. The highest BCUT2D eigenvalue weighted by molar-refractivity contribution is 7.40. The van der Waals surface area contributed by atoms with Gasteiger partial charge in [0.25, 0.3) is 0 Å². The Morgan fingerprint density at radius 2 is 1.49 bits per heavy atom. The van der Waals surface area contributed by atoms with Crippen LogP contribution in [0, 0.1) is 0 Å². The molecule has 0 saturated heterocycles. The Hall–Kier alpha value is -0.750. The summed E-state index contributed by atoms with van der Waals surface area (Å²) in [4.78, 5) is 11.8. The first-order chi connectivity index (χ1) is 17.0. The molecule has 2 unspecified atom stereocenters. The molecule has 1 aromatic carbocycles. The lowest BCUT2D eigenvalue weighted by molar-refractivity contribution is 0.0180. The van der Waals surface area contributed by atoms with Gasteiger partial charge in [-0.3, -0.25) is 0 Å². The molecule has 0 aliphatic carbocycles. The van der Waals surface area contributed by atoms with Gasteiger partial charge in [-0.2, -0.15) is 0 Å². The third-order valence-corrected chi connectivity index (χ3v) is 6.87. The quantitative estimate of drug-likeness (QED) is 0.117. The lowest BCUT2D eigenvalue weighted by Gasteiger charge is -2.18. The van der Waals surface area contributed by atoms with E-state index in [0.717, 1.165) is 18.7 Å². The van der Waals surface area contributed by atoms with E-state index in [1.54, 1.807) is 7.11 Å². The number of aryl methyl sites for hydroxylation is 1. The molecule has 0 heterocycles.